The molecule has 1 aliphatic rings. The Morgan fingerprint density at radius 2 is 2.00 bits per heavy atom. The number of nitro groups is 1. The highest BCUT2D eigenvalue weighted by Crippen LogP contribution is 2.37. The number of hydrogen-bond donors (Lipinski definition) is 1. The molecule has 2 aromatic carbocycles. The smallest absolute Gasteiger partial charge is 0.311 e. The SMILES string of the molecule is Cc1ccccc1N1C(=O)/C(=C\c2ccc(O)c([N+](=O)[O-])c2)SC1=S. The number of nitro benzene ring substituents is 1. The lowest BCUT2D eigenvalue weighted by molar-refractivity contribution is -0.385. The summed E-state index contributed by atoms with van der Waals surface area (Å²) in [5.74, 6) is -0.699. The average Bonchev–Trinajstić information content (AvgIpc) is 2.84. The molecular weight excluding hydrogens is 360 g/mol. The number of phenolic OH excluding ortho intramolecular Hbond substituents is 1. The van der Waals surface area contributed by atoms with Gasteiger partial charge in [-0.15, -0.1) is 0 Å². The van der Waals surface area contributed by atoms with Crippen molar-refractivity contribution in [3.63, 3.8) is 0 Å². The Morgan fingerprint density at radius 1 is 1.28 bits per heavy atom. The van der Waals surface area contributed by atoms with E-state index in [1.165, 1.54) is 29.2 Å². The third-order valence-corrected chi connectivity index (χ3v) is 4.95. The van der Waals surface area contributed by atoms with Crippen LogP contribution in [0.4, 0.5) is 11.4 Å². The number of para-hydroxylation sites is 1. The zero-order valence-electron chi connectivity index (χ0n) is 13.0. The van der Waals surface area contributed by atoms with E-state index >= 15 is 0 Å². The second-order valence-corrected chi connectivity index (χ2v) is 6.98. The Morgan fingerprint density at radius 3 is 2.68 bits per heavy atom. The predicted octanol–water partition coefficient (Wildman–Crippen LogP) is 4.01. The van der Waals surface area contributed by atoms with Crippen LogP contribution in [0.1, 0.15) is 11.1 Å². The first kappa shape index (κ1) is 17.1. The van der Waals surface area contributed by atoms with E-state index < -0.39 is 16.4 Å². The normalized spacial score (nSPS) is 15.9. The van der Waals surface area contributed by atoms with Gasteiger partial charge in [0, 0.05) is 6.07 Å². The summed E-state index contributed by atoms with van der Waals surface area (Å²) in [7, 11) is 0. The van der Waals surface area contributed by atoms with Crippen molar-refractivity contribution in [1.82, 2.24) is 0 Å². The molecule has 0 aliphatic carbocycles. The van der Waals surface area contributed by atoms with Gasteiger partial charge in [0.25, 0.3) is 5.91 Å². The highest BCUT2D eigenvalue weighted by atomic mass is 32.2. The molecule has 2 aromatic rings. The van der Waals surface area contributed by atoms with Gasteiger partial charge in [-0.25, -0.2) is 0 Å². The van der Waals surface area contributed by atoms with E-state index in [0.29, 0.717) is 20.5 Å². The summed E-state index contributed by atoms with van der Waals surface area (Å²) < 4.78 is 0.402. The lowest BCUT2D eigenvalue weighted by Gasteiger charge is -2.16. The van der Waals surface area contributed by atoms with Crippen molar-refractivity contribution in [3.05, 3.63) is 68.6 Å². The topological polar surface area (TPSA) is 83.7 Å². The molecule has 25 heavy (non-hydrogen) atoms. The van der Waals surface area contributed by atoms with Crippen LogP contribution in [0.3, 0.4) is 0 Å². The molecule has 0 radical (unpaired) electrons. The van der Waals surface area contributed by atoms with Crippen LogP contribution < -0.4 is 4.90 Å². The van der Waals surface area contributed by atoms with E-state index in [9.17, 15) is 20.0 Å². The molecule has 3 rings (SSSR count). The molecule has 0 bridgehead atoms. The maximum atomic E-state index is 12.7. The molecule has 1 amide bonds. The summed E-state index contributed by atoms with van der Waals surface area (Å²) in [4.78, 5) is 24.8. The van der Waals surface area contributed by atoms with Crippen LogP contribution in [0.2, 0.25) is 0 Å². The second-order valence-electron chi connectivity index (χ2n) is 5.31. The lowest BCUT2D eigenvalue weighted by Crippen LogP contribution is -2.28. The molecule has 1 fully saturated rings. The standard InChI is InChI=1S/C17H12N2O4S2/c1-10-4-2-3-5-12(10)18-16(21)15(25-17(18)24)9-11-6-7-14(20)13(8-11)19(22)23/h2-9,20H,1H3/b15-9+. The Kier molecular flexibility index (Phi) is 4.56. The number of thioether (sulfide) groups is 1. The van der Waals surface area contributed by atoms with E-state index in [1.807, 2.05) is 31.2 Å². The minimum absolute atomic E-state index is 0.278. The van der Waals surface area contributed by atoms with E-state index in [1.54, 1.807) is 0 Å². The van der Waals surface area contributed by atoms with Gasteiger partial charge in [-0.3, -0.25) is 19.8 Å². The largest absolute Gasteiger partial charge is 0.502 e. The minimum atomic E-state index is -0.675. The molecule has 6 nitrogen and oxygen atoms in total. The fourth-order valence-electron chi connectivity index (χ4n) is 2.42. The molecule has 8 heteroatoms. The van der Waals surface area contributed by atoms with Crippen molar-refractivity contribution in [3.8, 4) is 5.75 Å². The quantitative estimate of drug-likeness (QED) is 0.379. The highest BCUT2D eigenvalue weighted by molar-refractivity contribution is 8.27. The maximum Gasteiger partial charge on any atom is 0.311 e. The molecule has 0 saturated carbocycles. The van der Waals surface area contributed by atoms with Crippen molar-refractivity contribution in [2.24, 2.45) is 0 Å². The van der Waals surface area contributed by atoms with Crippen molar-refractivity contribution in [1.29, 1.82) is 0 Å². The number of thiocarbonyl (C=S) groups is 1. The molecule has 0 spiro atoms. The minimum Gasteiger partial charge on any atom is -0.502 e. The number of carbonyl (C=O) groups is 1. The summed E-state index contributed by atoms with van der Waals surface area (Å²) in [6.07, 6.45) is 1.53. The molecule has 1 N–H and O–H groups in total. The van der Waals surface area contributed by atoms with E-state index in [0.717, 1.165) is 17.3 Å². The van der Waals surface area contributed by atoms with Gasteiger partial charge >= 0.3 is 5.69 Å². The monoisotopic (exact) mass is 372 g/mol. The van der Waals surface area contributed by atoms with E-state index in [-0.39, 0.29) is 5.91 Å². The van der Waals surface area contributed by atoms with Gasteiger partial charge in [0.15, 0.2) is 10.1 Å². The third-order valence-electron chi connectivity index (χ3n) is 3.64. The van der Waals surface area contributed by atoms with Crippen molar-refractivity contribution in [2.75, 3.05) is 4.90 Å². The van der Waals surface area contributed by atoms with Crippen molar-refractivity contribution in [2.45, 2.75) is 6.92 Å². The molecule has 0 atom stereocenters. The van der Waals surface area contributed by atoms with Crippen LogP contribution in [0.5, 0.6) is 5.75 Å². The first-order chi connectivity index (χ1) is 11.9. The first-order valence-electron chi connectivity index (χ1n) is 7.19. The Hall–Kier alpha value is -2.71. The van der Waals surface area contributed by atoms with Crippen molar-refractivity contribution < 1.29 is 14.8 Å². The van der Waals surface area contributed by atoms with Crippen LogP contribution in [0.15, 0.2) is 47.4 Å². The van der Waals surface area contributed by atoms with Crippen LogP contribution in [0, 0.1) is 17.0 Å². The van der Waals surface area contributed by atoms with Gasteiger partial charge in [0.1, 0.15) is 0 Å². The molecule has 0 aromatic heterocycles. The molecule has 1 heterocycles. The fraction of sp³-hybridized carbons (Fsp3) is 0.0588. The number of hydrogen-bond acceptors (Lipinski definition) is 6. The third kappa shape index (κ3) is 3.26. The number of nitrogens with zero attached hydrogens (tertiary/aromatic N) is 2. The maximum absolute atomic E-state index is 12.7. The van der Waals surface area contributed by atoms with Crippen LogP contribution in [0.25, 0.3) is 6.08 Å². The van der Waals surface area contributed by atoms with Gasteiger partial charge in [-0.05, 0) is 36.3 Å². The van der Waals surface area contributed by atoms with Crippen molar-refractivity contribution >= 4 is 51.7 Å². The molecular formula is C17H12N2O4S2. The Bertz CT molecular complexity index is 940. The van der Waals surface area contributed by atoms with E-state index in [2.05, 4.69) is 0 Å². The number of aromatic hydroxyl groups is 1. The number of benzene rings is 2. The number of phenols is 1. The first-order valence-corrected chi connectivity index (χ1v) is 8.42. The van der Waals surface area contributed by atoms with Gasteiger partial charge < -0.3 is 5.11 Å². The van der Waals surface area contributed by atoms with Crippen LogP contribution in [-0.2, 0) is 4.79 Å². The molecule has 1 saturated heterocycles. The summed E-state index contributed by atoms with van der Waals surface area (Å²) in [5.41, 5.74) is 1.66. The van der Waals surface area contributed by atoms with Gasteiger partial charge in [0.2, 0.25) is 0 Å². The number of carbonyl (C=O) groups excluding carboxylic acids is 1. The second kappa shape index (κ2) is 6.66. The van der Waals surface area contributed by atoms with Gasteiger partial charge in [-0.1, -0.05) is 48.2 Å². The Labute approximate surface area is 152 Å². The number of anilines is 1. The van der Waals surface area contributed by atoms with Crippen LogP contribution in [-0.4, -0.2) is 20.3 Å². The van der Waals surface area contributed by atoms with Gasteiger partial charge in [0.05, 0.1) is 15.5 Å². The summed E-state index contributed by atoms with van der Waals surface area (Å²) in [5, 5.41) is 20.4. The van der Waals surface area contributed by atoms with Crippen LogP contribution >= 0.6 is 24.0 Å². The number of amides is 1. The molecule has 1 aliphatic heterocycles. The summed E-state index contributed by atoms with van der Waals surface area (Å²) in [6, 6.07) is 11.4. The lowest BCUT2D eigenvalue weighted by atomic mass is 10.1. The van der Waals surface area contributed by atoms with Gasteiger partial charge in [-0.2, -0.15) is 0 Å². The van der Waals surface area contributed by atoms with E-state index in [4.69, 9.17) is 12.2 Å². The predicted molar refractivity (Wildman–Crippen MR) is 102 cm³/mol. The molecule has 0 unspecified atom stereocenters. The average molecular weight is 372 g/mol. The molecule has 126 valence electrons. The fourth-order valence-corrected chi connectivity index (χ4v) is 3.70. The zero-order chi connectivity index (χ0) is 18.1. The number of rotatable bonds is 3. The number of aryl methyl sites for hydroxylation is 1. The summed E-state index contributed by atoms with van der Waals surface area (Å²) in [6.45, 7) is 1.89. The zero-order valence-corrected chi connectivity index (χ0v) is 14.6. The summed E-state index contributed by atoms with van der Waals surface area (Å²) >= 11 is 6.45. The highest BCUT2D eigenvalue weighted by Gasteiger charge is 2.34. The Balaban J connectivity index is 1.98.